The van der Waals surface area contributed by atoms with E-state index < -0.39 is 0 Å². The van der Waals surface area contributed by atoms with Crippen molar-refractivity contribution >= 4 is 0 Å². The first-order valence-electron chi connectivity index (χ1n) is 5.15. The minimum atomic E-state index is 0.298. The van der Waals surface area contributed by atoms with E-state index in [0.717, 1.165) is 13.0 Å². The molecule has 2 atom stereocenters. The zero-order valence-electron chi connectivity index (χ0n) is 9.98. The van der Waals surface area contributed by atoms with Crippen LogP contribution in [0.25, 0.3) is 0 Å². The zero-order chi connectivity index (χ0) is 10.5. The van der Waals surface area contributed by atoms with Gasteiger partial charge in [0.05, 0.1) is 6.10 Å². The van der Waals surface area contributed by atoms with E-state index in [9.17, 15) is 0 Å². The highest BCUT2D eigenvalue weighted by Crippen LogP contribution is 2.18. The van der Waals surface area contributed by atoms with Gasteiger partial charge in [-0.05, 0) is 32.7 Å². The summed E-state index contributed by atoms with van der Waals surface area (Å²) in [5.41, 5.74) is 0.378. The first kappa shape index (κ1) is 12.9. The molecule has 0 spiro atoms. The summed E-state index contributed by atoms with van der Waals surface area (Å²) < 4.78 is 5.71. The molecule has 0 aliphatic carbocycles. The minimum Gasteiger partial charge on any atom is -0.377 e. The maximum absolute atomic E-state index is 5.71. The van der Waals surface area contributed by atoms with Gasteiger partial charge >= 0.3 is 0 Å². The van der Waals surface area contributed by atoms with Gasteiger partial charge in [0.25, 0.3) is 0 Å². The highest BCUT2D eigenvalue weighted by molar-refractivity contribution is 4.67. The Morgan fingerprint density at radius 1 is 1.23 bits per heavy atom. The molecule has 0 amide bonds. The molecule has 2 nitrogen and oxygen atoms in total. The third-order valence-electron chi connectivity index (χ3n) is 2.39. The standard InChI is InChI=1S/C11H25NO/c1-9(12-6)10(2)13-8-7-11(3,4)5/h9-10,12H,7-8H2,1-6H3. The van der Waals surface area contributed by atoms with Gasteiger partial charge in [-0.3, -0.25) is 0 Å². The van der Waals surface area contributed by atoms with Crippen molar-refractivity contribution in [3.05, 3.63) is 0 Å². The van der Waals surface area contributed by atoms with Crippen molar-refractivity contribution in [1.82, 2.24) is 5.32 Å². The molecule has 0 saturated heterocycles. The lowest BCUT2D eigenvalue weighted by molar-refractivity contribution is 0.0309. The Hall–Kier alpha value is -0.0800. The van der Waals surface area contributed by atoms with E-state index in [1.807, 2.05) is 7.05 Å². The quantitative estimate of drug-likeness (QED) is 0.714. The van der Waals surface area contributed by atoms with Gasteiger partial charge in [0, 0.05) is 12.6 Å². The monoisotopic (exact) mass is 187 g/mol. The maximum atomic E-state index is 5.71. The minimum absolute atomic E-state index is 0.298. The average Bonchev–Trinajstić information content (AvgIpc) is 2.00. The molecule has 2 heteroatoms. The van der Waals surface area contributed by atoms with Crippen LogP contribution in [0.2, 0.25) is 0 Å². The van der Waals surface area contributed by atoms with Gasteiger partial charge < -0.3 is 10.1 Å². The molecule has 0 aromatic rings. The van der Waals surface area contributed by atoms with Gasteiger partial charge in [-0.25, -0.2) is 0 Å². The highest BCUT2D eigenvalue weighted by Gasteiger charge is 2.13. The lowest BCUT2D eigenvalue weighted by Crippen LogP contribution is -2.35. The maximum Gasteiger partial charge on any atom is 0.0697 e. The lowest BCUT2D eigenvalue weighted by Gasteiger charge is -2.23. The average molecular weight is 187 g/mol. The molecule has 0 fully saturated rings. The smallest absolute Gasteiger partial charge is 0.0697 e. The van der Waals surface area contributed by atoms with E-state index in [-0.39, 0.29) is 0 Å². The predicted octanol–water partition coefficient (Wildman–Crippen LogP) is 2.44. The summed E-state index contributed by atoms with van der Waals surface area (Å²) in [5, 5.41) is 3.19. The Labute approximate surface area is 83.1 Å². The van der Waals surface area contributed by atoms with Crippen molar-refractivity contribution in [2.24, 2.45) is 5.41 Å². The fourth-order valence-corrected chi connectivity index (χ4v) is 0.930. The molecule has 0 bridgehead atoms. The normalized spacial score (nSPS) is 17.1. The van der Waals surface area contributed by atoms with E-state index in [1.165, 1.54) is 0 Å². The summed E-state index contributed by atoms with van der Waals surface area (Å²) >= 11 is 0. The molecule has 1 N–H and O–H groups in total. The Morgan fingerprint density at radius 3 is 2.15 bits per heavy atom. The van der Waals surface area contributed by atoms with Crippen LogP contribution in [0.1, 0.15) is 41.0 Å². The van der Waals surface area contributed by atoms with E-state index in [1.54, 1.807) is 0 Å². The van der Waals surface area contributed by atoms with Crippen LogP contribution < -0.4 is 5.32 Å². The molecule has 0 radical (unpaired) electrons. The molecule has 0 saturated carbocycles. The first-order valence-corrected chi connectivity index (χ1v) is 5.15. The fraction of sp³-hybridized carbons (Fsp3) is 1.00. The lowest BCUT2D eigenvalue weighted by atomic mass is 9.93. The van der Waals surface area contributed by atoms with Crippen molar-refractivity contribution in [3.63, 3.8) is 0 Å². The molecular formula is C11H25NO. The molecule has 0 aliphatic rings. The van der Waals surface area contributed by atoms with Crippen molar-refractivity contribution in [1.29, 1.82) is 0 Å². The Bertz CT molecular complexity index is 129. The Morgan fingerprint density at radius 2 is 1.77 bits per heavy atom. The Balaban J connectivity index is 3.53. The number of nitrogens with one attached hydrogen (secondary N) is 1. The number of hydrogen-bond donors (Lipinski definition) is 1. The topological polar surface area (TPSA) is 21.3 Å². The first-order chi connectivity index (χ1) is 5.87. The summed E-state index contributed by atoms with van der Waals surface area (Å²) in [6.07, 6.45) is 1.42. The van der Waals surface area contributed by atoms with Gasteiger partial charge in [0.2, 0.25) is 0 Å². The van der Waals surface area contributed by atoms with Gasteiger partial charge in [0.1, 0.15) is 0 Å². The predicted molar refractivity (Wildman–Crippen MR) is 58.0 cm³/mol. The number of likely N-dealkylation sites (N-methyl/N-ethyl adjacent to an activating group) is 1. The van der Waals surface area contributed by atoms with Crippen LogP contribution in [0.3, 0.4) is 0 Å². The van der Waals surface area contributed by atoms with Crippen molar-refractivity contribution in [2.75, 3.05) is 13.7 Å². The van der Waals surface area contributed by atoms with Crippen LogP contribution >= 0.6 is 0 Å². The Kier molecular flexibility index (Phi) is 5.57. The molecule has 0 aliphatic heterocycles. The van der Waals surface area contributed by atoms with Gasteiger partial charge in [-0.1, -0.05) is 20.8 Å². The molecular weight excluding hydrogens is 162 g/mol. The van der Waals surface area contributed by atoms with Gasteiger partial charge in [0.15, 0.2) is 0 Å². The fourth-order valence-electron chi connectivity index (χ4n) is 0.930. The van der Waals surface area contributed by atoms with Crippen molar-refractivity contribution in [2.45, 2.75) is 53.2 Å². The molecule has 0 aromatic heterocycles. The van der Waals surface area contributed by atoms with Gasteiger partial charge in [-0.2, -0.15) is 0 Å². The second-order valence-corrected chi connectivity index (χ2v) is 4.96. The second-order valence-electron chi connectivity index (χ2n) is 4.96. The van der Waals surface area contributed by atoms with Crippen LogP contribution in [0.15, 0.2) is 0 Å². The van der Waals surface area contributed by atoms with E-state index in [0.29, 0.717) is 17.6 Å². The summed E-state index contributed by atoms with van der Waals surface area (Å²) in [6, 6.07) is 0.431. The molecule has 80 valence electrons. The van der Waals surface area contributed by atoms with E-state index in [4.69, 9.17) is 4.74 Å². The molecule has 2 unspecified atom stereocenters. The van der Waals surface area contributed by atoms with E-state index >= 15 is 0 Å². The third-order valence-corrected chi connectivity index (χ3v) is 2.39. The SMILES string of the molecule is CNC(C)C(C)OCCC(C)(C)C. The zero-order valence-corrected chi connectivity index (χ0v) is 9.98. The summed E-state index contributed by atoms with van der Waals surface area (Å²) in [5.74, 6) is 0. The molecule has 0 heterocycles. The summed E-state index contributed by atoms with van der Waals surface area (Å²) in [6.45, 7) is 11.8. The summed E-state index contributed by atoms with van der Waals surface area (Å²) in [7, 11) is 1.97. The van der Waals surface area contributed by atoms with Crippen molar-refractivity contribution < 1.29 is 4.74 Å². The molecule has 0 aromatic carbocycles. The largest absolute Gasteiger partial charge is 0.377 e. The van der Waals surface area contributed by atoms with Gasteiger partial charge in [-0.15, -0.1) is 0 Å². The number of rotatable bonds is 5. The van der Waals surface area contributed by atoms with Crippen LogP contribution in [-0.2, 0) is 4.74 Å². The molecule has 0 rings (SSSR count). The van der Waals surface area contributed by atoms with Crippen molar-refractivity contribution in [3.8, 4) is 0 Å². The van der Waals surface area contributed by atoms with E-state index in [2.05, 4.69) is 39.9 Å². The van der Waals surface area contributed by atoms with Crippen LogP contribution in [0.4, 0.5) is 0 Å². The van der Waals surface area contributed by atoms with Crippen LogP contribution in [-0.4, -0.2) is 25.8 Å². The van der Waals surface area contributed by atoms with Crippen LogP contribution in [0.5, 0.6) is 0 Å². The number of hydrogen-bond acceptors (Lipinski definition) is 2. The molecule has 13 heavy (non-hydrogen) atoms. The van der Waals surface area contributed by atoms with Crippen LogP contribution in [0, 0.1) is 5.41 Å². The third kappa shape index (κ3) is 7.03. The highest BCUT2D eigenvalue weighted by atomic mass is 16.5. The second kappa shape index (κ2) is 5.61. The summed E-state index contributed by atoms with van der Waals surface area (Å²) in [4.78, 5) is 0. The number of ether oxygens (including phenoxy) is 1.